The maximum absolute atomic E-state index is 12.9. The summed E-state index contributed by atoms with van der Waals surface area (Å²) in [6.45, 7) is 0.524. The standard InChI is InChI=1S/C21H19ClN4O3S/c1-29-16-9-7-13(8-10-16)19-24-25-21(30-19)23-18(27)17-6-3-11-26(17)20(28)14-4-2-5-15(22)12-14/h2,4-5,7-10,12,17H,3,6,11H2,1H3,(H,23,25,27). The molecule has 0 radical (unpaired) electrons. The molecule has 1 atom stereocenters. The Balaban J connectivity index is 1.45. The van der Waals surface area contributed by atoms with Gasteiger partial charge >= 0.3 is 0 Å². The average molecular weight is 443 g/mol. The highest BCUT2D eigenvalue weighted by Crippen LogP contribution is 2.29. The molecule has 1 fully saturated rings. The second-order valence-electron chi connectivity index (χ2n) is 6.80. The summed E-state index contributed by atoms with van der Waals surface area (Å²) >= 11 is 7.28. The van der Waals surface area contributed by atoms with E-state index in [1.165, 1.54) is 11.3 Å². The van der Waals surface area contributed by atoms with Crippen LogP contribution in [0.1, 0.15) is 23.2 Å². The number of aromatic nitrogens is 2. The minimum Gasteiger partial charge on any atom is -0.497 e. The fraction of sp³-hybridized carbons (Fsp3) is 0.238. The number of methoxy groups -OCH3 is 1. The van der Waals surface area contributed by atoms with E-state index in [2.05, 4.69) is 15.5 Å². The second-order valence-corrected chi connectivity index (χ2v) is 8.21. The quantitative estimate of drug-likeness (QED) is 0.642. The molecular formula is C21H19ClN4O3S. The van der Waals surface area contributed by atoms with Crippen molar-refractivity contribution in [1.82, 2.24) is 15.1 Å². The van der Waals surface area contributed by atoms with Crippen LogP contribution in [0.4, 0.5) is 5.13 Å². The molecule has 3 aromatic rings. The molecule has 0 bridgehead atoms. The normalized spacial score (nSPS) is 15.8. The van der Waals surface area contributed by atoms with Gasteiger partial charge < -0.3 is 9.64 Å². The van der Waals surface area contributed by atoms with Crippen molar-refractivity contribution in [3.05, 3.63) is 59.1 Å². The van der Waals surface area contributed by atoms with Crippen LogP contribution < -0.4 is 10.1 Å². The van der Waals surface area contributed by atoms with Crippen molar-refractivity contribution in [1.29, 1.82) is 0 Å². The monoisotopic (exact) mass is 442 g/mol. The lowest BCUT2D eigenvalue weighted by molar-refractivity contribution is -0.119. The van der Waals surface area contributed by atoms with E-state index in [0.717, 1.165) is 17.7 Å². The molecule has 1 aromatic heterocycles. The summed E-state index contributed by atoms with van der Waals surface area (Å²) in [5, 5.41) is 12.6. The number of amides is 2. The Hall–Kier alpha value is -2.97. The SMILES string of the molecule is COc1ccc(-c2nnc(NC(=O)C3CCCN3C(=O)c3cccc(Cl)c3)s2)cc1. The molecular weight excluding hydrogens is 424 g/mol. The Bertz CT molecular complexity index is 1070. The van der Waals surface area contributed by atoms with Crippen molar-refractivity contribution in [2.45, 2.75) is 18.9 Å². The van der Waals surface area contributed by atoms with Gasteiger partial charge in [-0.3, -0.25) is 14.9 Å². The lowest BCUT2D eigenvalue weighted by atomic mass is 10.1. The van der Waals surface area contributed by atoms with Crippen molar-refractivity contribution < 1.29 is 14.3 Å². The summed E-state index contributed by atoms with van der Waals surface area (Å²) in [6, 6.07) is 13.6. The third-order valence-electron chi connectivity index (χ3n) is 4.88. The van der Waals surface area contributed by atoms with Crippen LogP contribution in [-0.2, 0) is 4.79 Å². The molecule has 1 N–H and O–H groups in total. The van der Waals surface area contributed by atoms with E-state index in [9.17, 15) is 9.59 Å². The summed E-state index contributed by atoms with van der Waals surface area (Å²) < 4.78 is 5.16. The van der Waals surface area contributed by atoms with E-state index in [0.29, 0.717) is 33.7 Å². The zero-order valence-electron chi connectivity index (χ0n) is 16.2. The van der Waals surface area contributed by atoms with Crippen LogP contribution in [0.3, 0.4) is 0 Å². The number of anilines is 1. The maximum atomic E-state index is 12.9. The first-order valence-electron chi connectivity index (χ1n) is 9.40. The summed E-state index contributed by atoms with van der Waals surface area (Å²) in [5.41, 5.74) is 1.35. The van der Waals surface area contributed by atoms with Gasteiger partial charge in [-0.25, -0.2) is 0 Å². The van der Waals surface area contributed by atoms with Crippen molar-refractivity contribution >= 4 is 39.9 Å². The predicted molar refractivity (Wildman–Crippen MR) is 116 cm³/mol. The van der Waals surface area contributed by atoms with Gasteiger partial charge in [-0.05, 0) is 55.3 Å². The molecule has 9 heteroatoms. The zero-order chi connectivity index (χ0) is 21.1. The summed E-state index contributed by atoms with van der Waals surface area (Å²) in [6.07, 6.45) is 1.36. The zero-order valence-corrected chi connectivity index (χ0v) is 17.7. The highest BCUT2D eigenvalue weighted by molar-refractivity contribution is 7.18. The maximum Gasteiger partial charge on any atom is 0.254 e. The largest absolute Gasteiger partial charge is 0.497 e. The number of rotatable bonds is 5. The Labute approximate surface area is 182 Å². The van der Waals surface area contributed by atoms with Crippen molar-refractivity contribution in [3.8, 4) is 16.3 Å². The topological polar surface area (TPSA) is 84.4 Å². The van der Waals surface area contributed by atoms with Gasteiger partial charge in [-0.15, -0.1) is 10.2 Å². The summed E-state index contributed by atoms with van der Waals surface area (Å²) in [5.74, 6) is 0.286. The summed E-state index contributed by atoms with van der Waals surface area (Å²) in [7, 11) is 1.61. The van der Waals surface area contributed by atoms with Gasteiger partial charge in [0.2, 0.25) is 11.0 Å². The third kappa shape index (κ3) is 4.29. The number of benzene rings is 2. The first-order valence-corrected chi connectivity index (χ1v) is 10.6. The molecule has 7 nitrogen and oxygen atoms in total. The lowest BCUT2D eigenvalue weighted by Crippen LogP contribution is -2.43. The minimum atomic E-state index is -0.551. The number of nitrogens with one attached hydrogen (secondary N) is 1. The Kier molecular flexibility index (Phi) is 5.96. The van der Waals surface area contributed by atoms with Gasteiger partial charge in [0.05, 0.1) is 7.11 Å². The molecule has 1 aliphatic heterocycles. The molecule has 2 heterocycles. The molecule has 154 valence electrons. The average Bonchev–Trinajstić information content (AvgIpc) is 3.43. The molecule has 0 aliphatic carbocycles. The van der Waals surface area contributed by atoms with Gasteiger partial charge in [0.15, 0.2) is 0 Å². The van der Waals surface area contributed by atoms with Gasteiger partial charge in [0, 0.05) is 22.7 Å². The predicted octanol–water partition coefficient (Wildman–Crippen LogP) is 4.11. The van der Waals surface area contributed by atoms with Gasteiger partial charge in [-0.1, -0.05) is 29.0 Å². The first-order chi connectivity index (χ1) is 14.5. The summed E-state index contributed by atoms with van der Waals surface area (Å²) in [4.78, 5) is 27.3. The highest BCUT2D eigenvalue weighted by atomic mass is 35.5. The third-order valence-corrected chi connectivity index (χ3v) is 6.00. The second kappa shape index (κ2) is 8.81. The molecule has 0 saturated carbocycles. The number of carbonyl (C=O) groups excluding carboxylic acids is 2. The van der Waals surface area contributed by atoms with Gasteiger partial charge in [0.1, 0.15) is 16.8 Å². The van der Waals surface area contributed by atoms with E-state index < -0.39 is 6.04 Å². The number of carbonyl (C=O) groups is 2. The fourth-order valence-electron chi connectivity index (χ4n) is 3.38. The van der Waals surface area contributed by atoms with Gasteiger partial charge in [0.25, 0.3) is 5.91 Å². The molecule has 2 aromatic carbocycles. The number of likely N-dealkylation sites (tertiary alicyclic amines) is 1. The molecule has 0 spiro atoms. The molecule has 1 unspecified atom stereocenters. The molecule has 30 heavy (non-hydrogen) atoms. The van der Waals surface area contributed by atoms with Crippen molar-refractivity contribution in [2.75, 3.05) is 19.0 Å². The van der Waals surface area contributed by atoms with E-state index in [4.69, 9.17) is 16.3 Å². The fourth-order valence-corrected chi connectivity index (χ4v) is 4.32. The van der Waals surface area contributed by atoms with E-state index >= 15 is 0 Å². The molecule has 1 saturated heterocycles. The first kappa shape index (κ1) is 20.3. The number of hydrogen-bond acceptors (Lipinski definition) is 6. The van der Waals surface area contributed by atoms with Crippen LogP contribution in [0.5, 0.6) is 5.75 Å². The number of halogens is 1. The number of nitrogens with zero attached hydrogens (tertiary/aromatic N) is 3. The molecule has 4 rings (SSSR count). The van der Waals surface area contributed by atoms with Crippen LogP contribution in [0.2, 0.25) is 5.02 Å². The Morgan fingerprint density at radius 1 is 1.20 bits per heavy atom. The highest BCUT2D eigenvalue weighted by Gasteiger charge is 2.35. The van der Waals surface area contributed by atoms with Crippen LogP contribution >= 0.6 is 22.9 Å². The molecule has 1 aliphatic rings. The van der Waals surface area contributed by atoms with Crippen LogP contribution in [0, 0.1) is 0 Å². The smallest absolute Gasteiger partial charge is 0.254 e. The van der Waals surface area contributed by atoms with Crippen molar-refractivity contribution in [3.63, 3.8) is 0 Å². The number of hydrogen-bond donors (Lipinski definition) is 1. The lowest BCUT2D eigenvalue weighted by Gasteiger charge is -2.23. The molecule has 2 amide bonds. The Morgan fingerprint density at radius 2 is 2.00 bits per heavy atom. The van der Waals surface area contributed by atoms with Crippen LogP contribution in [0.15, 0.2) is 48.5 Å². The van der Waals surface area contributed by atoms with Gasteiger partial charge in [-0.2, -0.15) is 0 Å². The van der Waals surface area contributed by atoms with E-state index in [-0.39, 0.29) is 11.8 Å². The van der Waals surface area contributed by atoms with E-state index in [1.54, 1.807) is 36.3 Å². The Morgan fingerprint density at radius 3 is 2.73 bits per heavy atom. The number of ether oxygens (including phenoxy) is 1. The minimum absolute atomic E-state index is 0.202. The van der Waals surface area contributed by atoms with E-state index in [1.807, 2.05) is 24.3 Å². The van der Waals surface area contributed by atoms with Crippen LogP contribution in [0.25, 0.3) is 10.6 Å². The van der Waals surface area contributed by atoms with Crippen LogP contribution in [-0.4, -0.2) is 46.6 Å². The van der Waals surface area contributed by atoms with Crippen molar-refractivity contribution in [2.24, 2.45) is 0 Å².